The first kappa shape index (κ1) is 19.9. The molecule has 1 saturated heterocycles. The smallest absolute Gasteiger partial charge is 0.243 e. The van der Waals surface area contributed by atoms with Crippen molar-refractivity contribution in [3.8, 4) is 5.06 Å². The lowest BCUT2D eigenvalue weighted by Gasteiger charge is -2.26. The fraction of sp³-hybridized carbons (Fsp3) is 0.524. The van der Waals surface area contributed by atoms with Crippen LogP contribution in [-0.4, -0.2) is 49.4 Å². The summed E-state index contributed by atoms with van der Waals surface area (Å²) < 4.78 is 33.8. The van der Waals surface area contributed by atoms with Gasteiger partial charge in [-0.2, -0.15) is 4.31 Å². The van der Waals surface area contributed by atoms with E-state index in [-0.39, 0.29) is 6.10 Å². The summed E-state index contributed by atoms with van der Waals surface area (Å²) in [7, 11) is -3.46. The van der Waals surface area contributed by atoms with Crippen molar-refractivity contribution in [3.63, 3.8) is 0 Å². The van der Waals surface area contributed by atoms with Gasteiger partial charge in [0, 0.05) is 37.1 Å². The van der Waals surface area contributed by atoms with Crippen LogP contribution in [0.25, 0.3) is 0 Å². The lowest BCUT2D eigenvalue weighted by atomic mass is 10.1. The number of hydrogen-bond donors (Lipinski definition) is 0. The normalized spacial score (nSPS) is 21.2. The minimum Gasteiger partial charge on any atom is -0.479 e. The van der Waals surface area contributed by atoms with Gasteiger partial charge in [-0.1, -0.05) is 17.7 Å². The second kappa shape index (κ2) is 7.78. The molecule has 0 amide bonds. The summed E-state index contributed by atoms with van der Waals surface area (Å²) in [5, 5.41) is 0.926. The van der Waals surface area contributed by atoms with Gasteiger partial charge in [-0.3, -0.25) is 4.90 Å². The molecule has 1 aromatic carbocycles. The standard InChI is InChI=1S/C21H28N2O3S2/c1-15(2)22-10-9-18(13-22)26-21-12-17-8-11-23(14-20(17)27-21)28(24,25)19-6-4-16(3)5-7-19/h4-7,12,15,18H,8-11,13-14H2,1-3H3. The number of thiophene rings is 1. The molecule has 4 rings (SSSR count). The van der Waals surface area contributed by atoms with Crippen LogP contribution in [0.2, 0.25) is 0 Å². The number of sulfonamides is 1. The maximum atomic E-state index is 13.0. The van der Waals surface area contributed by atoms with E-state index in [4.69, 9.17) is 4.74 Å². The highest BCUT2D eigenvalue weighted by atomic mass is 32.2. The van der Waals surface area contributed by atoms with E-state index >= 15 is 0 Å². The topological polar surface area (TPSA) is 49.9 Å². The highest BCUT2D eigenvalue weighted by Crippen LogP contribution is 2.36. The predicted octanol–water partition coefficient (Wildman–Crippen LogP) is 3.67. The first-order chi connectivity index (χ1) is 13.3. The van der Waals surface area contributed by atoms with Crippen molar-refractivity contribution in [2.75, 3.05) is 19.6 Å². The van der Waals surface area contributed by atoms with Crippen LogP contribution in [0.3, 0.4) is 0 Å². The molecular formula is C21H28N2O3S2. The first-order valence-corrected chi connectivity index (χ1v) is 12.2. The Morgan fingerprint density at radius 1 is 1.18 bits per heavy atom. The third kappa shape index (κ3) is 3.99. The molecule has 152 valence electrons. The van der Waals surface area contributed by atoms with E-state index in [1.807, 2.05) is 19.1 Å². The number of ether oxygens (including phenoxy) is 1. The van der Waals surface area contributed by atoms with Gasteiger partial charge in [-0.15, -0.1) is 11.3 Å². The zero-order valence-corrected chi connectivity index (χ0v) is 18.4. The predicted molar refractivity (Wildman–Crippen MR) is 113 cm³/mol. The molecule has 28 heavy (non-hydrogen) atoms. The zero-order valence-electron chi connectivity index (χ0n) is 16.7. The van der Waals surface area contributed by atoms with Gasteiger partial charge in [0.15, 0.2) is 5.06 Å². The van der Waals surface area contributed by atoms with Crippen LogP contribution < -0.4 is 4.74 Å². The van der Waals surface area contributed by atoms with Crippen molar-refractivity contribution in [1.82, 2.24) is 9.21 Å². The Labute approximate surface area is 172 Å². The Bertz CT molecular complexity index is 935. The van der Waals surface area contributed by atoms with Crippen molar-refractivity contribution >= 4 is 21.4 Å². The van der Waals surface area contributed by atoms with E-state index in [2.05, 4.69) is 24.8 Å². The lowest BCUT2D eigenvalue weighted by Crippen LogP contribution is -2.35. The largest absolute Gasteiger partial charge is 0.479 e. The van der Waals surface area contributed by atoms with Crippen molar-refractivity contribution in [1.29, 1.82) is 0 Å². The van der Waals surface area contributed by atoms with Crippen LogP contribution >= 0.6 is 11.3 Å². The summed E-state index contributed by atoms with van der Waals surface area (Å²) >= 11 is 1.60. The van der Waals surface area contributed by atoms with Crippen molar-refractivity contribution in [3.05, 3.63) is 46.3 Å². The monoisotopic (exact) mass is 420 g/mol. The van der Waals surface area contributed by atoms with Crippen LogP contribution in [-0.2, 0) is 23.0 Å². The summed E-state index contributed by atoms with van der Waals surface area (Å²) in [6, 6.07) is 9.76. The molecule has 1 fully saturated rings. The lowest BCUT2D eigenvalue weighted by molar-refractivity contribution is 0.192. The fourth-order valence-electron chi connectivity index (χ4n) is 3.87. The van der Waals surface area contributed by atoms with E-state index in [0.717, 1.165) is 41.4 Å². The molecule has 2 aliphatic heterocycles. The second-order valence-electron chi connectivity index (χ2n) is 8.03. The van der Waals surface area contributed by atoms with Gasteiger partial charge in [0.05, 0.1) is 4.90 Å². The van der Waals surface area contributed by atoms with Gasteiger partial charge in [0.1, 0.15) is 6.10 Å². The molecule has 0 aliphatic carbocycles. The van der Waals surface area contributed by atoms with E-state index in [1.54, 1.807) is 27.8 Å². The average Bonchev–Trinajstić information content (AvgIpc) is 3.28. The van der Waals surface area contributed by atoms with Crippen molar-refractivity contribution < 1.29 is 13.2 Å². The molecule has 0 N–H and O–H groups in total. The highest BCUT2D eigenvalue weighted by Gasteiger charge is 2.31. The summed E-state index contributed by atoms with van der Waals surface area (Å²) in [5.41, 5.74) is 2.29. The van der Waals surface area contributed by atoms with Crippen LogP contribution in [0.5, 0.6) is 5.06 Å². The van der Waals surface area contributed by atoms with E-state index < -0.39 is 10.0 Å². The Balaban J connectivity index is 1.45. The number of nitrogens with zero attached hydrogens (tertiary/aromatic N) is 2. The third-order valence-corrected chi connectivity index (χ3v) is 8.59. The summed E-state index contributed by atoms with van der Waals surface area (Å²) in [6.45, 7) is 9.39. The molecule has 5 nitrogen and oxygen atoms in total. The highest BCUT2D eigenvalue weighted by molar-refractivity contribution is 7.89. The number of hydrogen-bond acceptors (Lipinski definition) is 5. The van der Waals surface area contributed by atoms with Crippen molar-refractivity contribution in [2.24, 2.45) is 0 Å². The van der Waals surface area contributed by atoms with Crippen LogP contribution in [0, 0.1) is 6.92 Å². The van der Waals surface area contributed by atoms with Gasteiger partial charge < -0.3 is 4.74 Å². The minimum atomic E-state index is -3.46. The first-order valence-electron chi connectivity index (χ1n) is 9.92. The van der Waals surface area contributed by atoms with Crippen molar-refractivity contribution in [2.45, 2.75) is 57.2 Å². The molecule has 0 radical (unpaired) electrons. The fourth-order valence-corrected chi connectivity index (χ4v) is 6.51. The Kier molecular flexibility index (Phi) is 5.53. The maximum absolute atomic E-state index is 13.0. The molecule has 0 bridgehead atoms. The molecule has 1 atom stereocenters. The second-order valence-corrected chi connectivity index (χ2v) is 11.1. The molecule has 0 saturated carbocycles. The molecule has 2 aromatic rings. The zero-order chi connectivity index (χ0) is 19.9. The van der Waals surface area contributed by atoms with E-state index in [1.165, 1.54) is 5.56 Å². The van der Waals surface area contributed by atoms with E-state index in [0.29, 0.717) is 24.0 Å². The summed E-state index contributed by atoms with van der Waals surface area (Å²) in [4.78, 5) is 3.92. The quantitative estimate of drug-likeness (QED) is 0.741. The van der Waals surface area contributed by atoms with Gasteiger partial charge in [0.2, 0.25) is 10.0 Å². The van der Waals surface area contributed by atoms with Gasteiger partial charge in [-0.05, 0) is 57.4 Å². The third-order valence-electron chi connectivity index (χ3n) is 5.67. The summed E-state index contributed by atoms with van der Waals surface area (Å²) in [5.74, 6) is 0. The minimum absolute atomic E-state index is 0.231. The Hall–Kier alpha value is -1.41. The van der Waals surface area contributed by atoms with Crippen LogP contribution in [0.4, 0.5) is 0 Å². The SMILES string of the molecule is Cc1ccc(S(=O)(=O)N2CCc3cc(OC4CCN(C(C)C)C4)sc3C2)cc1. The van der Waals surface area contributed by atoms with Gasteiger partial charge in [0.25, 0.3) is 0 Å². The molecule has 1 aromatic heterocycles. The molecule has 0 spiro atoms. The molecule has 1 unspecified atom stereocenters. The van der Waals surface area contributed by atoms with Gasteiger partial charge >= 0.3 is 0 Å². The number of benzene rings is 1. The molecule has 3 heterocycles. The Morgan fingerprint density at radius 3 is 2.61 bits per heavy atom. The number of fused-ring (bicyclic) bond motifs is 1. The summed E-state index contributed by atoms with van der Waals surface area (Å²) in [6.07, 6.45) is 2.02. The molecule has 7 heteroatoms. The average molecular weight is 421 g/mol. The molecule has 2 aliphatic rings. The number of rotatable bonds is 5. The van der Waals surface area contributed by atoms with Crippen LogP contribution in [0.15, 0.2) is 35.2 Å². The number of likely N-dealkylation sites (tertiary alicyclic amines) is 1. The van der Waals surface area contributed by atoms with E-state index in [9.17, 15) is 8.42 Å². The van der Waals surface area contributed by atoms with Crippen LogP contribution in [0.1, 0.15) is 36.3 Å². The van der Waals surface area contributed by atoms with Gasteiger partial charge in [-0.25, -0.2) is 8.42 Å². The molecular weight excluding hydrogens is 392 g/mol. The maximum Gasteiger partial charge on any atom is 0.243 e. The number of aryl methyl sites for hydroxylation is 1. The Morgan fingerprint density at radius 2 is 1.93 bits per heavy atom.